The van der Waals surface area contributed by atoms with Gasteiger partial charge in [0.25, 0.3) is 5.91 Å². The van der Waals surface area contributed by atoms with Crippen LogP contribution in [0.5, 0.6) is 0 Å². The van der Waals surface area contributed by atoms with E-state index in [1.807, 2.05) is 65.6 Å². The van der Waals surface area contributed by atoms with Crippen LogP contribution in [0, 0.1) is 0 Å². The highest BCUT2D eigenvalue weighted by atomic mass is 35.5. The van der Waals surface area contributed by atoms with Gasteiger partial charge in [0.05, 0.1) is 11.4 Å². The lowest BCUT2D eigenvalue weighted by Gasteiger charge is -2.29. The van der Waals surface area contributed by atoms with Crippen LogP contribution < -0.4 is 0 Å². The Kier molecular flexibility index (Phi) is 4.85. The van der Waals surface area contributed by atoms with E-state index in [9.17, 15) is 4.79 Å². The van der Waals surface area contributed by atoms with Gasteiger partial charge < -0.3 is 4.90 Å². The first-order valence-corrected chi connectivity index (χ1v) is 10.3. The number of benzene rings is 3. The molecule has 0 radical (unpaired) electrons. The van der Waals surface area contributed by atoms with Crippen molar-refractivity contribution >= 4 is 17.5 Å². The fraction of sp³-hybridized carbons (Fsp3) is 0.120. The van der Waals surface area contributed by atoms with E-state index in [1.165, 1.54) is 11.1 Å². The first kappa shape index (κ1) is 18.6. The monoisotopic (exact) mass is 413 g/mol. The van der Waals surface area contributed by atoms with Crippen molar-refractivity contribution in [2.24, 2.45) is 0 Å². The molecule has 5 rings (SSSR count). The third-order valence-electron chi connectivity index (χ3n) is 5.58. The highest BCUT2D eigenvalue weighted by Crippen LogP contribution is 2.26. The van der Waals surface area contributed by atoms with Crippen LogP contribution in [-0.2, 0) is 13.0 Å². The molecule has 2 heterocycles. The Morgan fingerprint density at radius 2 is 1.60 bits per heavy atom. The molecule has 0 aliphatic carbocycles. The first-order chi connectivity index (χ1) is 14.7. The highest BCUT2D eigenvalue weighted by Gasteiger charge is 2.21. The predicted molar refractivity (Wildman–Crippen MR) is 119 cm³/mol. The van der Waals surface area contributed by atoms with Gasteiger partial charge in [-0.3, -0.25) is 9.89 Å². The fourth-order valence-electron chi connectivity index (χ4n) is 3.88. The van der Waals surface area contributed by atoms with Crippen molar-refractivity contribution in [2.45, 2.75) is 13.0 Å². The van der Waals surface area contributed by atoms with Gasteiger partial charge in [-0.05, 0) is 53.4 Å². The summed E-state index contributed by atoms with van der Waals surface area (Å²) in [6.45, 7) is 1.42. The number of hydrogen-bond donors (Lipinski definition) is 1. The molecule has 0 fully saturated rings. The molecule has 148 valence electrons. The molecule has 5 heteroatoms. The molecule has 0 unspecified atom stereocenters. The number of hydrogen-bond acceptors (Lipinski definition) is 2. The van der Waals surface area contributed by atoms with E-state index in [1.54, 1.807) is 0 Å². The third kappa shape index (κ3) is 3.62. The summed E-state index contributed by atoms with van der Waals surface area (Å²) in [4.78, 5) is 14.9. The number of fused-ring (bicyclic) bond motifs is 1. The number of H-pyrrole nitrogens is 1. The average molecular weight is 414 g/mol. The second-order valence-electron chi connectivity index (χ2n) is 7.50. The normalized spacial score (nSPS) is 13.2. The molecule has 30 heavy (non-hydrogen) atoms. The van der Waals surface area contributed by atoms with E-state index in [-0.39, 0.29) is 5.91 Å². The van der Waals surface area contributed by atoms with Crippen molar-refractivity contribution in [3.63, 3.8) is 0 Å². The molecule has 0 bridgehead atoms. The number of carbonyl (C=O) groups is 1. The molecule has 1 amide bonds. The lowest BCUT2D eigenvalue weighted by atomic mass is 9.99. The molecular formula is C25H20ClN3O. The van der Waals surface area contributed by atoms with Crippen LogP contribution in [0.15, 0.2) is 78.9 Å². The van der Waals surface area contributed by atoms with Gasteiger partial charge in [0.15, 0.2) is 0 Å². The lowest BCUT2D eigenvalue weighted by molar-refractivity contribution is 0.0734. The zero-order valence-electron chi connectivity index (χ0n) is 16.3. The predicted octanol–water partition coefficient (Wildman–Crippen LogP) is 5.60. The summed E-state index contributed by atoms with van der Waals surface area (Å²) < 4.78 is 0. The summed E-state index contributed by atoms with van der Waals surface area (Å²) in [6, 6.07) is 25.6. The first-order valence-electron chi connectivity index (χ1n) is 9.95. The standard InChI is InChI=1S/C25H20ClN3O/c26-22-11-9-19(10-12-22)24-15-23(27-28-24)18-5-7-20(8-6-18)25(30)29-14-13-17-3-1-2-4-21(17)16-29/h1-12,15H,13-14,16H2,(H,27,28). The van der Waals surface area contributed by atoms with Crippen molar-refractivity contribution in [1.82, 2.24) is 15.1 Å². The van der Waals surface area contributed by atoms with E-state index in [4.69, 9.17) is 11.6 Å². The summed E-state index contributed by atoms with van der Waals surface area (Å²) in [5, 5.41) is 8.20. The maximum absolute atomic E-state index is 13.0. The van der Waals surface area contributed by atoms with Crippen LogP contribution in [0.3, 0.4) is 0 Å². The Bertz CT molecular complexity index is 1200. The summed E-state index contributed by atoms with van der Waals surface area (Å²) in [6.07, 6.45) is 0.904. The molecule has 0 spiro atoms. The number of aromatic nitrogens is 2. The van der Waals surface area contributed by atoms with Gasteiger partial charge >= 0.3 is 0 Å². The van der Waals surface area contributed by atoms with Crippen LogP contribution in [-0.4, -0.2) is 27.5 Å². The number of nitrogens with one attached hydrogen (secondary N) is 1. The lowest BCUT2D eigenvalue weighted by Crippen LogP contribution is -2.35. The van der Waals surface area contributed by atoms with Crippen molar-refractivity contribution in [3.8, 4) is 22.5 Å². The maximum Gasteiger partial charge on any atom is 0.254 e. The minimum atomic E-state index is 0.0694. The molecule has 0 saturated carbocycles. The zero-order valence-corrected chi connectivity index (χ0v) is 17.1. The van der Waals surface area contributed by atoms with E-state index >= 15 is 0 Å². The van der Waals surface area contributed by atoms with Crippen LogP contribution >= 0.6 is 11.6 Å². The van der Waals surface area contributed by atoms with Gasteiger partial charge in [0, 0.05) is 29.2 Å². The van der Waals surface area contributed by atoms with Crippen molar-refractivity contribution in [1.29, 1.82) is 0 Å². The van der Waals surface area contributed by atoms with Crippen LogP contribution in [0.4, 0.5) is 0 Å². The van der Waals surface area contributed by atoms with Crippen LogP contribution in [0.25, 0.3) is 22.5 Å². The molecule has 0 atom stereocenters. The van der Waals surface area contributed by atoms with Crippen molar-refractivity contribution < 1.29 is 4.79 Å². The van der Waals surface area contributed by atoms with E-state index in [0.717, 1.165) is 35.5 Å². The maximum atomic E-state index is 13.0. The molecule has 3 aromatic carbocycles. The number of carbonyl (C=O) groups excluding carboxylic acids is 1. The SMILES string of the molecule is O=C(c1ccc(-c2cc(-c3ccc(Cl)cc3)[nH]n2)cc1)N1CCc2ccccc2C1. The highest BCUT2D eigenvalue weighted by molar-refractivity contribution is 6.30. The third-order valence-corrected chi connectivity index (χ3v) is 5.83. The number of halogens is 1. The topological polar surface area (TPSA) is 49.0 Å². The molecule has 0 saturated heterocycles. The van der Waals surface area contributed by atoms with Crippen molar-refractivity contribution in [3.05, 3.63) is 101 Å². The largest absolute Gasteiger partial charge is 0.334 e. The second kappa shape index (κ2) is 7.81. The Labute approximate surface area is 180 Å². The number of rotatable bonds is 3. The molecule has 1 aromatic heterocycles. The molecular weight excluding hydrogens is 394 g/mol. The smallest absolute Gasteiger partial charge is 0.254 e. The van der Waals surface area contributed by atoms with E-state index < -0.39 is 0 Å². The Hall–Kier alpha value is -3.37. The summed E-state index contributed by atoms with van der Waals surface area (Å²) in [5.74, 6) is 0.0694. The second-order valence-corrected chi connectivity index (χ2v) is 7.93. The molecule has 4 aromatic rings. The van der Waals surface area contributed by atoms with Gasteiger partial charge in [0.2, 0.25) is 0 Å². The minimum Gasteiger partial charge on any atom is -0.334 e. The number of aromatic amines is 1. The Balaban J connectivity index is 1.32. The van der Waals surface area contributed by atoms with Gasteiger partial charge in [-0.2, -0.15) is 5.10 Å². The molecule has 4 nitrogen and oxygen atoms in total. The van der Waals surface area contributed by atoms with Crippen LogP contribution in [0.2, 0.25) is 5.02 Å². The summed E-state index contributed by atoms with van der Waals surface area (Å²) >= 11 is 5.96. The van der Waals surface area contributed by atoms with Crippen molar-refractivity contribution in [2.75, 3.05) is 6.54 Å². The Morgan fingerprint density at radius 3 is 2.37 bits per heavy atom. The molecule has 1 N–H and O–H groups in total. The van der Waals surface area contributed by atoms with E-state index in [0.29, 0.717) is 17.1 Å². The van der Waals surface area contributed by atoms with Gasteiger partial charge in [-0.25, -0.2) is 0 Å². The summed E-state index contributed by atoms with van der Waals surface area (Å²) in [7, 11) is 0. The van der Waals surface area contributed by atoms with Gasteiger partial charge in [-0.15, -0.1) is 0 Å². The van der Waals surface area contributed by atoms with Gasteiger partial charge in [0.1, 0.15) is 0 Å². The zero-order chi connectivity index (χ0) is 20.5. The van der Waals surface area contributed by atoms with Crippen LogP contribution in [0.1, 0.15) is 21.5 Å². The quantitative estimate of drug-likeness (QED) is 0.475. The fourth-order valence-corrected chi connectivity index (χ4v) is 4.01. The van der Waals surface area contributed by atoms with Gasteiger partial charge in [-0.1, -0.05) is 60.1 Å². The molecule has 1 aliphatic heterocycles. The molecule has 1 aliphatic rings. The van der Waals surface area contributed by atoms with E-state index in [2.05, 4.69) is 28.4 Å². The average Bonchev–Trinajstić information content (AvgIpc) is 3.29. The summed E-state index contributed by atoms with van der Waals surface area (Å²) in [5.41, 5.74) is 7.03. The number of amides is 1. The number of nitrogens with zero attached hydrogens (tertiary/aromatic N) is 2. The Morgan fingerprint density at radius 1 is 0.900 bits per heavy atom. The minimum absolute atomic E-state index is 0.0694.